The van der Waals surface area contributed by atoms with Gasteiger partial charge in [-0.2, -0.15) is 0 Å². The molecule has 1 saturated heterocycles. The number of amides is 2. The third-order valence-corrected chi connectivity index (χ3v) is 6.82. The average Bonchev–Trinajstić information content (AvgIpc) is 3.37. The molecule has 2 aromatic rings. The van der Waals surface area contributed by atoms with Crippen LogP contribution in [0, 0.1) is 0 Å². The first kappa shape index (κ1) is 23.9. The van der Waals surface area contributed by atoms with Crippen LogP contribution >= 0.6 is 0 Å². The second-order valence-electron chi connectivity index (χ2n) is 9.09. The Morgan fingerprint density at radius 2 is 1.79 bits per heavy atom. The summed E-state index contributed by atoms with van der Waals surface area (Å²) in [5, 5.41) is 2.56. The topological polar surface area (TPSA) is 71.1 Å². The molecule has 1 heterocycles. The molecule has 0 aromatic heterocycles. The summed E-state index contributed by atoms with van der Waals surface area (Å²) in [4.78, 5) is 29.0. The lowest BCUT2D eigenvalue weighted by Crippen LogP contribution is -2.56. The number of carbonyl (C=O) groups is 2. The first-order chi connectivity index (χ1) is 16.6. The minimum Gasteiger partial charge on any atom is -0.493 e. The van der Waals surface area contributed by atoms with Crippen LogP contribution in [0.5, 0.6) is 11.5 Å². The number of benzene rings is 2. The van der Waals surface area contributed by atoms with Gasteiger partial charge in [0.05, 0.1) is 19.3 Å². The van der Waals surface area contributed by atoms with Crippen LogP contribution in [0.4, 0.5) is 5.69 Å². The molecule has 0 spiro atoms. The largest absolute Gasteiger partial charge is 0.493 e. The van der Waals surface area contributed by atoms with Crippen molar-refractivity contribution in [1.29, 1.82) is 0 Å². The second-order valence-corrected chi connectivity index (χ2v) is 9.09. The summed E-state index contributed by atoms with van der Waals surface area (Å²) in [6, 6.07) is 16.3. The maximum absolute atomic E-state index is 13.0. The molecule has 7 nitrogen and oxygen atoms in total. The van der Waals surface area contributed by atoms with Gasteiger partial charge in [-0.25, -0.2) is 0 Å². The van der Waals surface area contributed by atoms with Gasteiger partial charge in [-0.3, -0.25) is 9.59 Å². The highest BCUT2D eigenvalue weighted by Gasteiger charge is 2.32. The van der Waals surface area contributed by atoms with E-state index in [1.165, 1.54) is 18.4 Å². The zero-order valence-electron chi connectivity index (χ0n) is 20.2. The molecule has 1 aliphatic carbocycles. The second kappa shape index (κ2) is 11.3. The third-order valence-electron chi connectivity index (χ3n) is 6.82. The zero-order chi connectivity index (χ0) is 23.9. The number of piperazine rings is 1. The molecule has 4 rings (SSSR count). The van der Waals surface area contributed by atoms with Gasteiger partial charge in [0, 0.05) is 38.4 Å². The van der Waals surface area contributed by atoms with Crippen LogP contribution in [0.2, 0.25) is 0 Å². The van der Waals surface area contributed by atoms with Gasteiger partial charge in [-0.1, -0.05) is 30.3 Å². The SMILES string of the molecule is CNC(=O)CC(=O)N1CCN(c2ccc(OC)c(OC3CCCC3)c2)C[C@@H]1Cc1ccccc1. The van der Waals surface area contributed by atoms with Gasteiger partial charge in [0.15, 0.2) is 11.5 Å². The molecule has 34 heavy (non-hydrogen) atoms. The summed E-state index contributed by atoms with van der Waals surface area (Å²) in [6.45, 7) is 1.95. The van der Waals surface area contributed by atoms with Crippen molar-refractivity contribution in [2.75, 3.05) is 38.7 Å². The molecular weight excluding hydrogens is 430 g/mol. The van der Waals surface area contributed by atoms with Crippen LogP contribution < -0.4 is 19.7 Å². The minimum atomic E-state index is -0.255. The van der Waals surface area contributed by atoms with E-state index in [1.54, 1.807) is 14.2 Å². The molecule has 2 aliphatic rings. The molecule has 0 unspecified atom stereocenters. The smallest absolute Gasteiger partial charge is 0.232 e. The monoisotopic (exact) mass is 465 g/mol. The van der Waals surface area contributed by atoms with Crippen molar-refractivity contribution >= 4 is 17.5 Å². The van der Waals surface area contributed by atoms with Gasteiger partial charge in [-0.05, 0) is 49.8 Å². The lowest BCUT2D eigenvalue weighted by atomic mass is 10.0. The maximum atomic E-state index is 13.0. The first-order valence-electron chi connectivity index (χ1n) is 12.2. The number of ether oxygens (including phenoxy) is 2. The van der Waals surface area contributed by atoms with Gasteiger partial charge in [0.25, 0.3) is 0 Å². The molecule has 2 amide bonds. The summed E-state index contributed by atoms with van der Waals surface area (Å²) >= 11 is 0. The van der Waals surface area contributed by atoms with E-state index in [1.807, 2.05) is 29.2 Å². The third kappa shape index (κ3) is 5.82. The van der Waals surface area contributed by atoms with Crippen LogP contribution in [0.3, 0.4) is 0 Å². The maximum Gasteiger partial charge on any atom is 0.232 e. The van der Waals surface area contributed by atoms with Gasteiger partial charge >= 0.3 is 0 Å². The lowest BCUT2D eigenvalue weighted by Gasteiger charge is -2.42. The number of anilines is 1. The number of hydrogen-bond acceptors (Lipinski definition) is 5. The highest BCUT2D eigenvalue weighted by atomic mass is 16.5. The lowest BCUT2D eigenvalue weighted by molar-refractivity contribution is -0.138. The fourth-order valence-corrected chi connectivity index (χ4v) is 4.95. The predicted molar refractivity (Wildman–Crippen MR) is 132 cm³/mol. The summed E-state index contributed by atoms with van der Waals surface area (Å²) < 4.78 is 11.9. The Balaban J connectivity index is 1.54. The summed E-state index contributed by atoms with van der Waals surface area (Å²) in [5.74, 6) is 1.15. The number of methoxy groups -OCH3 is 1. The van der Waals surface area contributed by atoms with Crippen molar-refractivity contribution < 1.29 is 19.1 Å². The Morgan fingerprint density at radius 1 is 1.03 bits per heavy atom. The molecular formula is C27H35N3O4. The molecule has 7 heteroatoms. The Morgan fingerprint density at radius 3 is 2.50 bits per heavy atom. The first-order valence-corrected chi connectivity index (χ1v) is 12.2. The van der Waals surface area contributed by atoms with E-state index < -0.39 is 0 Å². The molecule has 2 fully saturated rings. The van der Waals surface area contributed by atoms with Crippen molar-refractivity contribution in [2.24, 2.45) is 0 Å². The van der Waals surface area contributed by atoms with Crippen molar-refractivity contribution in [3.63, 3.8) is 0 Å². The van der Waals surface area contributed by atoms with Gasteiger partial charge in [0.1, 0.15) is 6.42 Å². The Hall–Kier alpha value is -3.22. The van der Waals surface area contributed by atoms with Crippen LogP contribution in [0.15, 0.2) is 48.5 Å². The number of nitrogens with one attached hydrogen (secondary N) is 1. The molecule has 1 saturated carbocycles. The van der Waals surface area contributed by atoms with E-state index in [9.17, 15) is 9.59 Å². The normalized spacial score (nSPS) is 18.6. The van der Waals surface area contributed by atoms with Crippen LogP contribution in [-0.2, 0) is 16.0 Å². The van der Waals surface area contributed by atoms with Gasteiger partial charge in [-0.15, -0.1) is 0 Å². The highest BCUT2D eigenvalue weighted by Crippen LogP contribution is 2.35. The zero-order valence-corrected chi connectivity index (χ0v) is 20.2. The summed E-state index contributed by atoms with van der Waals surface area (Å²) in [7, 11) is 3.23. The van der Waals surface area contributed by atoms with E-state index in [4.69, 9.17) is 9.47 Å². The highest BCUT2D eigenvalue weighted by molar-refractivity contribution is 5.97. The number of hydrogen-bond donors (Lipinski definition) is 1. The Labute approximate surface area is 202 Å². The number of rotatable bonds is 8. The molecule has 0 radical (unpaired) electrons. The fraction of sp³-hybridized carbons (Fsp3) is 0.481. The van der Waals surface area contributed by atoms with Crippen molar-refractivity contribution in [3.8, 4) is 11.5 Å². The molecule has 0 bridgehead atoms. The quantitative estimate of drug-likeness (QED) is 0.605. The van der Waals surface area contributed by atoms with Crippen molar-refractivity contribution in [1.82, 2.24) is 10.2 Å². The van der Waals surface area contributed by atoms with E-state index in [2.05, 4.69) is 34.5 Å². The summed E-state index contributed by atoms with van der Waals surface area (Å²) in [5.41, 5.74) is 2.23. The molecule has 182 valence electrons. The van der Waals surface area contributed by atoms with Gasteiger partial charge < -0.3 is 24.6 Å². The van der Waals surface area contributed by atoms with E-state index >= 15 is 0 Å². The number of nitrogens with zero attached hydrogens (tertiary/aromatic N) is 2. The van der Waals surface area contributed by atoms with E-state index in [-0.39, 0.29) is 30.4 Å². The van der Waals surface area contributed by atoms with Crippen LogP contribution in [-0.4, -0.2) is 62.7 Å². The van der Waals surface area contributed by atoms with Crippen molar-refractivity contribution in [2.45, 2.75) is 50.7 Å². The molecule has 1 N–H and O–H groups in total. The molecule has 2 aromatic carbocycles. The fourth-order valence-electron chi connectivity index (χ4n) is 4.95. The number of carbonyl (C=O) groups excluding carboxylic acids is 2. The summed E-state index contributed by atoms with van der Waals surface area (Å²) in [6.07, 6.45) is 5.44. The van der Waals surface area contributed by atoms with E-state index in [0.29, 0.717) is 19.6 Å². The Bertz CT molecular complexity index is 975. The van der Waals surface area contributed by atoms with Crippen LogP contribution in [0.25, 0.3) is 0 Å². The molecule has 1 atom stereocenters. The van der Waals surface area contributed by atoms with E-state index in [0.717, 1.165) is 36.4 Å². The average molecular weight is 466 g/mol. The van der Waals surface area contributed by atoms with Gasteiger partial charge in [0.2, 0.25) is 11.8 Å². The standard InChI is InChI=1S/C27H35N3O4/c1-28-26(31)18-27(32)30-15-14-29(19-22(30)16-20-8-4-3-5-9-20)21-12-13-24(33-2)25(17-21)34-23-10-6-7-11-23/h3-5,8-9,12-13,17,22-23H,6-7,10-11,14-16,18-19H2,1-2H3,(H,28,31)/t22-/m0/s1. The Kier molecular flexibility index (Phi) is 7.93. The van der Waals surface area contributed by atoms with Crippen molar-refractivity contribution in [3.05, 3.63) is 54.1 Å². The molecule has 1 aliphatic heterocycles. The minimum absolute atomic E-state index is 0.0328. The van der Waals surface area contributed by atoms with Crippen LogP contribution in [0.1, 0.15) is 37.7 Å². The predicted octanol–water partition coefficient (Wildman–Crippen LogP) is 3.41.